The second-order valence-electron chi connectivity index (χ2n) is 6.27. The number of aromatic nitrogens is 2. The third kappa shape index (κ3) is 3.28. The van der Waals surface area contributed by atoms with Crippen molar-refractivity contribution >= 4 is 35.1 Å². The Morgan fingerprint density at radius 2 is 1.37 bits per heavy atom. The molecule has 2 aromatic carbocycles. The Morgan fingerprint density at radius 1 is 0.833 bits per heavy atom. The number of imide groups is 1. The minimum atomic E-state index is -0.564. The minimum Gasteiger partial charge on any atom is -0.465 e. The van der Waals surface area contributed by atoms with E-state index in [9.17, 15) is 19.2 Å². The minimum absolute atomic E-state index is 0.000258. The zero-order chi connectivity index (χ0) is 21.3. The maximum absolute atomic E-state index is 12.5. The van der Waals surface area contributed by atoms with Gasteiger partial charge in [0.1, 0.15) is 0 Å². The summed E-state index contributed by atoms with van der Waals surface area (Å²) in [5, 5.41) is 2.70. The van der Waals surface area contributed by atoms with Crippen LogP contribution in [0.2, 0.25) is 0 Å². The van der Waals surface area contributed by atoms with Crippen molar-refractivity contribution in [2.75, 3.05) is 17.3 Å². The lowest BCUT2D eigenvalue weighted by molar-refractivity contribution is 0.0600. The van der Waals surface area contributed by atoms with Crippen LogP contribution in [0.4, 0.5) is 11.4 Å². The fraction of sp³-hybridized carbons (Fsp3) is 0.0476. The molecule has 0 saturated carbocycles. The van der Waals surface area contributed by atoms with Gasteiger partial charge in [-0.05, 0) is 48.5 Å². The van der Waals surface area contributed by atoms with Gasteiger partial charge in [0, 0.05) is 23.6 Å². The standard InChI is InChI=1S/C21H14N4O5/c1-30-21(29)13-2-6-14(7-3-13)24-18(26)12-4-8-15(9-5-12)25-19(27)16-17(20(25)28)23-11-10-22-16/h2-11H,1H3,(H,24,26). The molecule has 30 heavy (non-hydrogen) atoms. The van der Waals surface area contributed by atoms with Gasteiger partial charge in [-0.25, -0.2) is 19.7 Å². The van der Waals surface area contributed by atoms with Crippen LogP contribution in [0, 0.1) is 0 Å². The van der Waals surface area contributed by atoms with Gasteiger partial charge in [0.15, 0.2) is 11.4 Å². The zero-order valence-corrected chi connectivity index (χ0v) is 15.7. The number of methoxy groups -OCH3 is 1. The number of nitrogens with one attached hydrogen (secondary N) is 1. The van der Waals surface area contributed by atoms with Crippen molar-refractivity contribution in [1.29, 1.82) is 0 Å². The average Bonchev–Trinajstić information content (AvgIpc) is 3.04. The molecule has 0 fully saturated rings. The van der Waals surface area contributed by atoms with Gasteiger partial charge < -0.3 is 10.1 Å². The molecule has 4 rings (SSSR count). The first kappa shape index (κ1) is 18.9. The number of nitrogens with zero attached hydrogens (tertiary/aromatic N) is 3. The Hall–Kier alpha value is -4.40. The quantitative estimate of drug-likeness (QED) is 0.525. The molecule has 9 heteroatoms. The van der Waals surface area contributed by atoms with E-state index in [1.807, 2.05) is 0 Å². The second kappa shape index (κ2) is 7.55. The van der Waals surface area contributed by atoms with Gasteiger partial charge >= 0.3 is 5.97 Å². The Morgan fingerprint density at radius 3 is 1.90 bits per heavy atom. The normalized spacial score (nSPS) is 12.5. The van der Waals surface area contributed by atoms with Crippen LogP contribution in [0.15, 0.2) is 60.9 Å². The number of anilines is 2. The first-order valence-electron chi connectivity index (χ1n) is 8.79. The van der Waals surface area contributed by atoms with Gasteiger partial charge in [0.25, 0.3) is 17.7 Å². The van der Waals surface area contributed by atoms with Crippen molar-refractivity contribution < 1.29 is 23.9 Å². The second-order valence-corrected chi connectivity index (χ2v) is 6.27. The third-order valence-electron chi connectivity index (χ3n) is 4.46. The summed E-state index contributed by atoms with van der Waals surface area (Å²) in [6.07, 6.45) is 2.69. The number of benzene rings is 2. The zero-order valence-electron chi connectivity index (χ0n) is 15.7. The molecule has 0 spiro atoms. The topological polar surface area (TPSA) is 119 Å². The maximum atomic E-state index is 12.5. The lowest BCUT2D eigenvalue weighted by atomic mass is 10.1. The summed E-state index contributed by atoms with van der Waals surface area (Å²) in [5.74, 6) is -1.99. The summed E-state index contributed by atoms with van der Waals surface area (Å²) in [5.41, 5.74) is 1.49. The molecule has 0 atom stereocenters. The van der Waals surface area contributed by atoms with Gasteiger partial charge in [0.05, 0.1) is 18.4 Å². The highest BCUT2D eigenvalue weighted by Gasteiger charge is 2.39. The van der Waals surface area contributed by atoms with E-state index >= 15 is 0 Å². The summed E-state index contributed by atoms with van der Waals surface area (Å²) >= 11 is 0. The van der Waals surface area contributed by atoms with Crippen LogP contribution in [-0.2, 0) is 4.74 Å². The lowest BCUT2D eigenvalue weighted by Gasteiger charge is -2.13. The predicted molar refractivity (Wildman–Crippen MR) is 105 cm³/mol. The van der Waals surface area contributed by atoms with E-state index in [2.05, 4.69) is 20.0 Å². The van der Waals surface area contributed by atoms with Crippen LogP contribution >= 0.6 is 0 Å². The molecule has 1 aliphatic rings. The number of hydrogen-bond acceptors (Lipinski definition) is 7. The molecule has 1 aliphatic heterocycles. The first-order chi connectivity index (χ1) is 14.5. The highest BCUT2D eigenvalue weighted by molar-refractivity contribution is 6.33. The van der Waals surface area contributed by atoms with E-state index in [4.69, 9.17) is 0 Å². The molecule has 2 heterocycles. The summed E-state index contributed by atoms with van der Waals surface area (Å²) in [6.45, 7) is 0. The van der Waals surface area contributed by atoms with E-state index in [0.717, 1.165) is 4.90 Å². The Balaban J connectivity index is 1.49. The van der Waals surface area contributed by atoms with Crippen molar-refractivity contribution in [3.63, 3.8) is 0 Å². The highest BCUT2D eigenvalue weighted by Crippen LogP contribution is 2.26. The van der Waals surface area contributed by atoms with Gasteiger partial charge in [-0.15, -0.1) is 0 Å². The molecule has 0 bridgehead atoms. The summed E-state index contributed by atoms with van der Waals surface area (Å²) < 4.78 is 4.63. The number of ether oxygens (including phenoxy) is 1. The van der Waals surface area contributed by atoms with Crippen molar-refractivity contribution in [3.05, 3.63) is 83.4 Å². The SMILES string of the molecule is COC(=O)c1ccc(NC(=O)c2ccc(N3C(=O)c4nccnc4C3=O)cc2)cc1. The number of fused-ring (bicyclic) bond motifs is 1. The van der Waals surface area contributed by atoms with Crippen LogP contribution in [0.1, 0.15) is 41.7 Å². The predicted octanol–water partition coefficient (Wildman–Crippen LogP) is 2.32. The fourth-order valence-corrected chi connectivity index (χ4v) is 2.96. The maximum Gasteiger partial charge on any atom is 0.337 e. The molecular weight excluding hydrogens is 388 g/mol. The summed E-state index contributed by atoms with van der Waals surface area (Å²) in [6, 6.07) is 12.2. The summed E-state index contributed by atoms with van der Waals surface area (Å²) in [7, 11) is 1.29. The van der Waals surface area contributed by atoms with Crippen LogP contribution in [0.3, 0.4) is 0 Å². The van der Waals surface area contributed by atoms with Crippen LogP contribution in [-0.4, -0.2) is 40.8 Å². The molecule has 0 aliphatic carbocycles. The number of esters is 1. The molecular formula is C21H14N4O5. The molecule has 1 N–H and O–H groups in total. The lowest BCUT2D eigenvalue weighted by Crippen LogP contribution is -2.29. The highest BCUT2D eigenvalue weighted by atomic mass is 16.5. The van der Waals surface area contributed by atoms with Gasteiger partial charge in [0.2, 0.25) is 0 Å². The average molecular weight is 402 g/mol. The Labute approximate surface area is 170 Å². The van der Waals surface area contributed by atoms with Crippen LogP contribution in [0.25, 0.3) is 0 Å². The smallest absolute Gasteiger partial charge is 0.337 e. The molecule has 3 amide bonds. The molecule has 0 unspecified atom stereocenters. The molecule has 9 nitrogen and oxygen atoms in total. The van der Waals surface area contributed by atoms with Crippen molar-refractivity contribution in [2.45, 2.75) is 0 Å². The van der Waals surface area contributed by atoms with Gasteiger partial charge in [-0.2, -0.15) is 0 Å². The number of carbonyl (C=O) groups excluding carboxylic acids is 4. The number of amides is 3. The molecule has 1 aromatic heterocycles. The summed E-state index contributed by atoms with van der Waals surface area (Å²) in [4.78, 5) is 57.6. The third-order valence-corrected chi connectivity index (χ3v) is 4.46. The first-order valence-corrected chi connectivity index (χ1v) is 8.79. The molecule has 3 aromatic rings. The monoisotopic (exact) mass is 402 g/mol. The van der Waals surface area contributed by atoms with Crippen molar-refractivity contribution in [1.82, 2.24) is 9.97 Å². The Bertz CT molecular complexity index is 1140. The number of rotatable bonds is 4. The molecule has 148 valence electrons. The van der Waals surface area contributed by atoms with Crippen LogP contribution < -0.4 is 10.2 Å². The van der Waals surface area contributed by atoms with Gasteiger partial charge in [-0.1, -0.05) is 0 Å². The number of carbonyl (C=O) groups is 4. The Kier molecular flexibility index (Phi) is 4.77. The van der Waals surface area contributed by atoms with E-state index in [-0.39, 0.29) is 11.4 Å². The fourth-order valence-electron chi connectivity index (χ4n) is 2.96. The van der Waals surface area contributed by atoms with Crippen LogP contribution in [0.5, 0.6) is 0 Å². The largest absolute Gasteiger partial charge is 0.465 e. The van der Waals surface area contributed by atoms with Gasteiger partial charge in [-0.3, -0.25) is 14.4 Å². The number of hydrogen-bond donors (Lipinski definition) is 1. The molecule has 0 radical (unpaired) electrons. The van der Waals surface area contributed by atoms with E-state index in [0.29, 0.717) is 22.5 Å². The van der Waals surface area contributed by atoms with E-state index in [1.165, 1.54) is 55.9 Å². The van der Waals surface area contributed by atoms with Crippen molar-refractivity contribution in [2.24, 2.45) is 0 Å². The van der Waals surface area contributed by atoms with Crippen molar-refractivity contribution in [3.8, 4) is 0 Å². The molecule has 0 saturated heterocycles. The van der Waals surface area contributed by atoms with E-state index < -0.39 is 23.7 Å². The van der Waals surface area contributed by atoms with E-state index in [1.54, 1.807) is 12.1 Å².